The first-order chi connectivity index (χ1) is 7.96. The number of aryl methyl sites for hydroxylation is 2. The lowest BCUT2D eigenvalue weighted by molar-refractivity contribution is 0.0662. The van der Waals surface area contributed by atoms with Gasteiger partial charge in [-0.1, -0.05) is 6.42 Å². The quantitative estimate of drug-likeness (QED) is 0.793. The zero-order chi connectivity index (χ0) is 12.5. The lowest BCUT2D eigenvalue weighted by Gasteiger charge is -2.17. The second-order valence-corrected chi connectivity index (χ2v) is 5.80. The average Bonchev–Trinajstić information content (AvgIpc) is 2.57. The van der Waals surface area contributed by atoms with Crippen LogP contribution in [-0.4, -0.2) is 20.4 Å². The van der Waals surface area contributed by atoms with Crippen molar-refractivity contribution in [1.29, 1.82) is 0 Å². The Labute approximate surface area is 103 Å². The van der Waals surface area contributed by atoms with Gasteiger partial charge in [-0.25, -0.2) is 0 Å². The largest absolute Gasteiger partial charge is 0.390 e. The van der Waals surface area contributed by atoms with E-state index in [1.54, 1.807) is 0 Å². The normalized spacial score (nSPS) is 21.1. The molecule has 0 saturated heterocycles. The van der Waals surface area contributed by atoms with Crippen molar-refractivity contribution in [2.45, 2.75) is 64.2 Å². The van der Waals surface area contributed by atoms with Crippen molar-refractivity contribution in [2.24, 2.45) is 0 Å². The summed E-state index contributed by atoms with van der Waals surface area (Å²) in [6.45, 7) is 4.47. The molecule has 3 heteroatoms. The van der Waals surface area contributed by atoms with E-state index < -0.39 is 5.60 Å². The highest BCUT2D eigenvalue weighted by atomic mass is 16.3. The average molecular weight is 237 g/mol. The summed E-state index contributed by atoms with van der Waals surface area (Å²) in [5.74, 6) is 0. The Morgan fingerprint density at radius 1 is 1.35 bits per heavy atom. The minimum Gasteiger partial charge on any atom is -0.390 e. The van der Waals surface area contributed by atoms with E-state index in [2.05, 4.69) is 17.0 Å². The molecule has 17 heavy (non-hydrogen) atoms. The number of fused-ring (bicyclic) bond motifs is 1. The molecule has 0 aliphatic heterocycles. The maximum absolute atomic E-state index is 10.0. The summed E-state index contributed by atoms with van der Waals surface area (Å²) in [6, 6.07) is 0. The van der Waals surface area contributed by atoms with E-state index in [1.807, 2.05) is 13.8 Å². The summed E-state index contributed by atoms with van der Waals surface area (Å²) < 4.78 is 2.11. The molecule has 96 valence electrons. The minimum atomic E-state index is -0.625. The molecule has 1 aromatic rings. The molecule has 2 rings (SSSR count). The van der Waals surface area contributed by atoms with Crippen molar-refractivity contribution in [3.8, 4) is 0 Å². The molecular formula is C14H23NO2. The van der Waals surface area contributed by atoms with Gasteiger partial charge in [-0.05, 0) is 45.1 Å². The van der Waals surface area contributed by atoms with Crippen LogP contribution in [0.2, 0.25) is 0 Å². The van der Waals surface area contributed by atoms with E-state index in [9.17, 15) is 10.2 Å². The number of hydrogen-bond donors (Lipinski definition) is 2. The highest BCUT2D eigenvalue weighted by Gasteiger charge is 2.19. The molecule has 2 N–H and O–H groups in total. The van der Waals surface area contributed by atoms with E-state index in [0.29, 0.717) is 0 Å². The highest BCUT2D eigenvalue weighted by molar-refractivity contribution is 5.27. The molecule has 1 atom stereocenters. The Balaban J connectivity index is 2.09. The molecule has 0 fully saturated rings. The number of hydrogen-bond acceptors (Lipinski definition) is 2. The van der Waals surface area contributed by atoms with Crippen LogP contribution < -0.4 is 0 Å². The SMILES string of the molecule is CC(C)(O)CCn1cc2c(c1)C(O)CCCC2. The first-order valence-electron chi connectivity index (χ1n) is 6.55. The zero-order valence-electron chi connectivity index (χ0n) is 10.8. The smallest absolute Gasteiger partial charge is 0.0807 e. The van der Waals surface area contributed by atoms with E-state index in [1.165, 1.54) is 12.0 Å². The minimum absolute atomic E-state index is 0.295. The number of aliphatic hydroxyl groups is 2. The Morgan fingerprint density at radius 2 is 2.12 bits per heavy atom. The molecule has 1 unspecified atom stereocenters. The Kier molecular flexibility index (Phi) is 3.59. The first-order valence-corrected chi connectivity index (χ1v) is 6.55. The van der Waals surface area contributed by atoms with Gasteiger partial charge in [0.1, 0.15) is 0 Å². The van der Waals surface area contributed by atoms with Gasteiger partial charge in [0.2, 0.25) is 0 Å². The number of nitrogens with zero attached hydrogens (tertiary/aromatic N) is 1. The van der Waals surface area contributed by atoms with Gasteiger partial charge in [0.15, 0.2) is 0 Å². The van der Waals surface area contributed by atoms with Crippen molar-refractivity contribution >= 4 is 0 Å². The van der Waals surface area contributed by atoms with Gasteiger partial charge >= 0.3 is 0 Å². The molecule has 1 aromatic heterocycles. The number of aromatic nitrogens is 1. The third-order valence-electron chi connectivity index (χ3n) is 3.51. The van der Waals surface area contributed by atoms with Gasteiger partial charge < -0.3 is 14.8 Å². The summed E-state index contributed by atoms with van der Waals surface area (Å²) >= 11 is 0. The van der Waals surface area contributed by atoms with Gasteiger partial charge in [-0.3, -0.25) is 0 Å². The standard InChI is InChI=1S/C14H23NO2/c1-14(2,17)7-8-15-9-11-5-3-4-6-13(16)12(11)10-15/h9-10,13,16-17H,3-8H2,1-2H3. The third kappa shape index (κ3) is 3.33. The van der Waals surface area contributed by atoms with E-state index in [-0.39, 0.29) is 6.10 Å². The van der Waals surface area contributed by atoms with Crippen LogP contribution in [0.1, 0.15) is 56.8 Å². The second kappa shape index (κ2) is 4.83. The summed E-state index contributed by atoms with van der Waals surface area (Å²) in [6.07, 6.45) is 8.85. The monoisotopic (exact) mass is 237 g/mol. The zero-order valence-corrected chi connectivity index (χ0v) is 10.8. The fraction of sp³-hybridized carbons (Fsp3) is 0.714. The Bertz CT molecular complexity index is 376. The van der Waals surface area contributed by atoms with Crippen LogP contribution in [0, 0.1) is 0 Å². The van der Waals surface area contributed by atoms with Gasteiger partial charge in [-0.15, -0.1) is 0 Å². The molecule has 1 aliphatic carbocycles. The van der Waals surface area contributed by atoms with Gasteiger partial charge in [-0.2, -0.15) is 0 Å². The molecule has 0 aromatic carbocycles. The van der Waals surface area contributed by atoms with Gasteiger partial charge in [0.25, 0.3) is 0 Å². The maximum atomic E-state index is 10.0. The van der Waals surface area contributed by atoms with Crippen LogP contribution in [-0.2, 0) is 13.0 Å². The Morgan fingerprint density at radius 3 is 2.82 bits per heavy atom. The number of rotatable bonds is 3. The topological polar surface area (TPSA) is 45.4 Å². The van der Waals surface area contributed by atoms with Crippen molar-refractivity contribution in [3.05, 3.63) is 23.5 Å². The molecule has 3 nitrogen and oxygen atoms in total. The summed E-state index contributed by atoms with van der Waals surface area (Å²) in [7, 11) is 0. The van der Waals surface area contributed by atoms with Crippen LogP contribution in [0.4, 0.5) is 0 Å². The molecule has 0 amide bonds. The van der Waals surface area contributed by atoms with Crippen LogP contribution in [0.5, 0.6) is 0 Å². The van der Waals surface area contributed by atoms with E-state index in [0.717, 1.165) is 37.8 Å². The molecule has 0 spiro atoms. The van der Waals surface area contributed by atoms with E-state index in [4.69, 9.17) is 0 Å². The van der Waals surface area contributed by atoms with Gasteiger partial charge in [0, 0.05) is 24.5 Å². The summed E-state index contributed by atoms with van der Waals surface area (Å²) in [4.78, 5) is 0. The molecule has 0 radical (unpaired) electrons. The predicted octanol–water partition coefficient (Wildman–Crippen LogP) is 2.41. The van der Waals surface area contributed by atoms with Crippen molar-refractivity contribution in [3.63, 3.8) is 0 Å². The first kappa shape index (κ1) is 12.7. The fourth-order valence-electron chi connectivity index (χ4n) is 2.42. The Hall–Kier alpha value is -0.800. The molecule has 1 aliphatic rings. The lowest BCUT2D eigenvalue weighted by Crippen LogP contribution is -2.20. The molecular weight excluding hydrogens is 214 g/mol. The second-order valence-electron chi connectivity index (χ2n) is 5.80. The van der Waals surface area contributed by atoms with Crippen LogP contribution >= 0.6 is 0 Å². The van der Waals surface area contributed by atoms with Crippen LogP contribution in [0.15, 0.2) is 12.4 Å². The fourth-order valence-corrected chi connectivity index (χ4v) is 2.42. The van der Waals surface area contributed by atoms with Gasteiger partial charge in [0.05, 0.1) is 11.7 Å². The molecule has 1 heterocycles. The lowest BCUT2D eigenvalue weighted by atomic mass is 10.1. The van der Waals surface area contributed by atoms with Crippen LogP contribution in [0.25, 0.3) is 0 Å². The molecule has 0 saturated carbocycles. The summed E-state index contributed by atoms with van der Waals surface area (Å²) in [5, 5.41) is 19.7. The maximum Gasteiger partial charge on any atom is 0.0807 e. The third-order valence-corrected chi connectivity index (χ3v) is 3.51. The summed E-state index contributed by atoms with van der Waals surface area (Å²) in [5.41, 5.74) is 1.75. The number of aliphatic hydroxyl groups excluding tert-OH is 1. The molecule has 0 bridgehead atoms. The van der Waals surface area contributed by atoms with Crippen molar-refractivity contribution < 1.29 is 10.2 Å². The van der Waals surface area contributed by atoms with Crippen molar-refractivity contribution in [2.75, 3.05) is 0 Å². The van der Waals surface area contributed by atoms with E-state index >= 15 is 0 Å². The van der Waals surface area contributed by atoms with Crippen LogP contribution in [0.3, 0.4) is 0 Å². The highest BCUT2D eigenvalue weighted by Crippen LogP contribution is 2.29. The van der Waals surface area contributed by atoms with Crippen molar-refractivity contribution in [1.82, 2.24) is 4.57 Å². The predicted molar refractivity (Wildman–Crippen MR) is 67.9 cm³/mol.